The predicted octanol–water partition coefficient (Wildman–Crippen LogP) is 1.51. The Hall–Kier alpha value is -1.40. The van der Waals surface area contributed by atoms with Crippen molar-refractivity contribution < 1.29 is 14.1 Å². The second-order valence-electron chi connectivity index (χ2n) is 6.68. The first kappa shape index (κ1) is 14.5. The molecular formula is C15H21BN2O3. The zero-order valence-electron chi connectivity index (χ0n) is 13.0. The molecule has 2 saturated heterocycles. The molecule has 0 unspecified atom stereocenters. The summed E-state index contributed by atoms with van der Waals surface area (Å²) in [6, 6.07) is 3.79. The summed E-state index contributed by atoms with van der Waals surface area (Å²) in [5, 5.41) is 0. The Morgan fingerprint density at radius 3 is 2.33 bits per heavy atom. The van der Waals surface area contributed by atoms with Crippen molar-refractivity contribution in [2.24, 2.45) is 0 Å². The number of rotatable bonds is 2. The molecule has 0 saturated carbocycles. The first-order chi connectivity index (χ1) is 9.80. The molecule has 6 heteroatoms. The van der Waals surface area contributed by atoms with Crippen molar-refractivity contribution in [2.75, 3.05) is 11.4 Å². The van der Waals surface area contributed by atoms with Crippen molar-refractivity contribution in [2.45, 2.75) is 51.7 Å². The lowest BCUT2D eigenvalue weighted by molar-refractivity contribution is -0.117. The number of carbonyl (C=O) groups is 1. The van der Waals surface area contributed by atoms with Crippen molar-refractivity contribution in [3.05, 3.63) is 18.3 Å². The zero-order valence-corrected chi connectivity index (χ0v) is 13.0. The highest BCUT2D eigenvalue weighted by Gasteiger charge is 2.52. The summed E-state index contributed by atoms with van der Waals surface area (Å²) >= 11 is 0. The highest BCUT2D eigenvalue weighted by atomic mass is 16.7. The Bertz CT molecular complexity index is 541. The molecule has 3 heterocycles. The number of anilines is 1. The Morgan fingerprint density at radius 1 is 1.19 bits per heavy atom. The van der Waals surface area contributed by atoms with Gasteiger partial charge < -0.3 is 14.2 Å². The molecule has 1 amide bonds. The number of pyridine rings is 1. The fourth-order valence-electron chi connectivity index (χ4n) is 2.58. The van der Waals surface area contributed by atoms with Gasteiger partial charge in [-0.05, 0) is 46.2 Å². The minimum absolute atomic E-state index is 0.167. The van der Waals surface area contributed by atoms with Gasteiger partial charge in [0.1, 0.15) is 0 Å². The van der Waals surface area contributed by atoms with E-state index in [1.54, 1.807) is 11.1 Å². The topological polar surface area (TPSA) is 51.7 Å². The van der Waals surface area contributed by atoms with Crippen LogP contribution in [0.1, 0.15) is 40.5 Å². The van der Waals surface area contributed by atoms with Crippen molar-refractivity contribution in [3.8, 4) is 0 Å². The number of carbonyl (C=O) groups excluding carboxylic acids is 1. The highest BCUT2D eigenvalue weighted by molar-refractivity contribution is 6.61. The maximum absolute atomic E-state index is 11.7. The number of aromatic nitrogens is 1. The molecule has 21 heavy (non-hydrogen) atoms. The molecule has 2 aliphatic heterocycles. The first-order valence-corrected chi connectivity index (χ1v) is 7.42. The van der Waals surface area contributed by atoms with Crippen LogP contribution in [-0.2, 0) is 14.1 Å². The Morgan fingerprint density at radius 2 is 1.86 bits per heavy atom. The standard InChI is InChI=1S/C15H21BN2O3/c1-14(2)15(3,4)21-16(20-14)12-8-7-11(10-17-12)18-9-5-6-13(18)19/h7-8,10H,5-6,9H2,1-4H3. The molecule has 0 atom stereocenters. The lowest BCUT2D eigenvalue weighted by Gasteiger charge is -2.32. The van der Waals surface area contributed by atoms with Crippen molar-refractivity contribution >= 4 is 24.3 Å². The van der Waals surface area contributed by atoms with Gasteiger partial charge in [-0.3, -0.25) is 9.78 Å². The third-order valence-corrected chi connectivity index (χ3v) is 4.65. The minimum Gasteiger partial charge on any atom is -0.398 e. The fourth-order valence-corrected chi connectivity index (χ4v) is 2.58. The minimum atomic E-state index is -0.460. The van der Waals surface area contributed by atoms with Gasteiger partial charge >= 0.3 is 7.12 Å². The molecule has 2 aliphatic rings. The van der Waals surface area contributed by atoms with Gasteiger partial charge in [-0.25, -0.2) is 0 Å². The van der Waals surface area contributed by atoms with Crippen LogP contribution in [-0.4, -0.2) is 35.8 Å². The lowest BCUT2D eigenvalue weighted by Crippen LogP contribution is -2.41. The third kappa shape index (κ3) is 2.47. The average Bonchev–Trinajstić information content (AvgIpc) is 2.92. The molecule has 1 aromatic heterocycles. The van der Waals surface area contributed by atoms with E-state index in [9.17, 15) is 4.79 Å². The summed E-state index contributed by atoms with van der Waals surface area (Å²) in [6.07, 6.45) is 3.26. The molecule has 1 aromatic rings. The molecule has 2 fully saturated rings. The lowest BCUT2D eigenvalue weighted by atomic mass is 9.84. The number of nitrogens with zero attached hydrogens (tertiary/aromatic N) is 2. The van der Waals surface area contributed by atoms with Crippen LogP contribution in [0.4, 0.5) is 5.69 Å². The van der Waals surface area contributed by atoms with Crippen LogP contribution in [0.2, 0.25) is 0 Å². The fraction of sp³-hybridized carbons (Fsp3) is 0.600. The van der Waals surface area contributed by atoms with Gasteiger partial charge in [0, 0.05) is 13.0 Å². The molecule has 0 N–H and O–H groups in total. The van der Waals surface area contributed by atoms with E-state index in [-0.39, 0.29) is 17.1 Å². The molecule has 0 spiro atoms. The maximum atomic E-state index is 11.7. The van der Waals surface area contributed by atoms with E-state index in [0.29, 0.717) is 6.42 Å². The molecular weight excluding hydrogens is 267 g/mol. The van der Waals surface area contributed by atoms with E-state index in [2.05, 4.69) is 4.98 Å². The van der Waals surface area contributed by atoms with Gasteiger partial charge in [0.05, 0.1) is 28.7 Å². The van der Waals surface area contributed by atoms with Crippen LogP contribution >= 0.6 is 0 Å². The number of amides is 1. The largest absolute Gasteiger partial charge is 0.514 e. The van der Waals surface area contributed by atoms with E-state index in [1.165, 1.54) is 0 Å². The summed E-state index contributed by atoms with van der Waals surface area (Å²) in [7, 11) is -0.460. The smallest absolute Gasteiger partial charge is 0.398 e. The molecule has 5 nitrogen and oxygen atoms in total. The Labute approximate surface area is 125 Å². The third-order valence-electron chi connectivity index (χ3n) is 4.65. The second-order valence-corrected chi connectivity index (χ2v) is 6.68. The van der Waals surface area contributed by atoms with Crippen LogP contribution in [0.3, 0.4) is 0 Å². The van der Waals surface area contributed by atoms with Gasteiger partial charge in [0.2, 0.25) is 5.91 Å². The first-order valence-electron chi connectivity index (χ1n) is 7.42. The van der Waals surface area contributed by atoms with Crippen LogP contribution < -0.4 is 10.5 Å². The van der Waals surface area contributed by atoms with Crippen LogP contribution in [0.15, 0.2) is 18.3 Å². The summed E-state index contributed by atoms with van der Waals surface area (Å²) in [4.78, 5) is 17.9. The van der Waals surface area contributed by atoms with Gasteiger partial charge in [-0.1, -0.05) is 0 Å². The quantitative estimate of drug-likeness (QED) is 0.774. The van der Waals surface area contributed by atoms with Crippen LogP contribution in [0, 0.1) is 0 Å². The maximum Gasteiger partial charge on any atom is 0.514 e. The van der Waals surface area contributed by atoms with Crippen LogP contribution in [0.5, 0.6) is 0 Å². The SMILES string of the molecule is CC1(C)OB(c2ccc(N3CCCC3=O)cn2)OC1(C)C. The summed E-state index contributed by atoms with van der Waals surface area (Å²) in [5.74, 6) is 0.167. The molecule has 0 aromatic carbocycles. The van der Waals surface area contributed by atoms with E-state index in [1.807, 2.05) is 39.8 Å². The van der Waals surface area contributed by atoms with E-state index in [0.717, 1.165) is 24.2 Å². The Balaban J connectivity index is 1.78. The van der Waals surface area contributed by atoms with Crippen molar-refractivity contribution in [3.63, 3.8) is 0 Å². The predicted molar refractivity (Wildman–Crippen MR) is 81.5 cm³/mol. The van der Waals surface area contributed by atoms with Gasteiger partial charge in [-0.2, -0.15) is 0 Å². The Kier molecular flexibility index (Phi) is 3.33. The molecule has 0 aliphatic carbocycles. The average molecular weight is 288 g/mol. The van der Waals surface area contributed by atoms with Crippen molar-refractivity contribution in [1.82, 2.24) is 4.98 Å². The summed E-state index contributed by atoms with van der Waals surface area (Å²) < 4.78 is 11.9. The number of hydrogen-bond acceptors (Lipinski definition) is 4. The van der Waals surface area contributed by atoms with Gasteiger partial charge in [0.15, 0.2) is 0 Å². The highest BCUT2D eigenvalue weighted by Crippen LogP contribution is 2.36. The molecule has 0 bridgehead atoms. The normalized spacial score (nSPS) is 23.9. The number of hydrogen-bond donors (Lipinski definition) is 0. The second kappa shape index (κ2) is 4.82. The zero-order chi connectivity index (χ0) is 15.3. The van der Waals surface area contributed by atoms with E-state index in [4.69, 9.17) is 9.31 Å². The molecule has 112 valence electrons. The van der Waals surface area contributed by atoms with E-state index < -0.39 is 7.12 Å². The van der Waals surface area contributed by atoms with Crippen LogP contribution in [0.25, 0.3) is 0 Å². The van der Waals surface area contributed by atoms with E-state index >= 15 is 0 Å². The monoisotopic (exact) mass is 288 g/mol. The van der Waals surface area contributed by atoms with Crippen molar-refractivity contribution in [1.29, 1.82) is 0 Å². The summed E-state index contributed by atoms with van der Waals surface area (Å²) in [6.45, 7) is 8.85. The molecule has 3 rings (SSSR count). The van der Waals surface area contributed by atoms with Gasteiger partial charge in [-0.15, -0.1) is 0 Å². The summed E-state index contributed by atoms with van der Waals surface area (Å²) in [5.41, 5.74) is 0.841. The van der Waals surface area contributed by atoms with Gasteiger partial charge in [0.25, 0.3) is 0 Å². The molecule has 0 radical (unpaired) electrons.